The molecule has 0 saturated carbocycles. The number of anilines is 1. The van der Waals surface area contributed by atoms with Crippen LogP contribution < -0.4 is 9.64 Å². The van der Waals surface area contributed by atoms with Crippen LogP contribution in [0.1, 0.15) is 13.3 Å². The largest absolute Gasteiger partial charge is 0.475 e. The molecule has 1 aliphatic rings. The lowest BCUT2D eigenvalue weighted by atomic mass is 10.3. The number of hydrogen-bond donors (Lipinski definition) is 0. The van der Waals surface area contributed by atoms with E-state index in [0.29, 0.717) is 38.7 Å². The van der Waals surface area contributed by atoms with Gasteiger partial charge in [0.15, 0.2) is 5.82 Å². The van der Waals surface area contributed by atoms with Gasteiger partial charge in [-0.05, 0) is 0 Å². The Kier molecular flexibility index (Phi) is 7.33. The Morgan fingerprint density at radius 3 is 2.54 bits per heavy atom. The number of piperazine rings is 1. The second-order valence-corrected chi connectivity index (χ2v) is 5.64. The second-order valence-electron chi connectivity index (χ2n) is 5.64. The van der Waals surface area contributed by atoms with Gasteiger partial charge in [0.2, 0.25) is 11.8 Å². The minimum absolute atomic E-state index is 0.216. The molecule has 0 bridgehead atoms. The van der Waals surface area contributed by atoms with Gasteiger partial charge < -0.3 is 24.0 Å². The zero-order chi connectivity index (χ0) is 17.4. The summed E-state index contributed by atoms with van der Waals surface area (Å²) in [6.45, 7) is 7.11. The van der Waals surface area contributed by atoms with Gasteiger partial charge in [-0.25, -0.2) is 4.68 Å². The number of aromatic nitrogens is 2. The van der Waals surface area contributed by atoms with Crippen molar-refractivity contribution in [2.75, 3.05) is 64.6 Å². The molecule has 1 amide bonds. The summed E-state index contributed by atoms with van der Waals surface area (Å²) >= 11 is 0. The van der Waals surface area contributed by atoms with Gasteiger partial charge in [-0.1, -0.05) is 6.92 Å². The zero-order valence-corrected chi connectivity index (χ0v) is 14.9. The van der Waals surface area contributed by atoms with Crippen molar-refractivity contribution >= 4 is 11.7 Å². The number of aryl methyl sites for hydroxylation is 1. The molecule has 2 rings (SSSR count). The molecule has 24 heavy (non-hydrogen) atoms. The third-order valence-corrected chi connectivity index (χ3v) is 3.99. The molecule has 1 fully saturated rings. The molecule has 8 nitrogen and oxygen atoms in total. The average molecular weight is 340 g/mol. The molecule has 2 heterocycles. The molecule has 136 valence electrons. The minimum atomic E-state index is 0.216. The number of nitrogens with zero attached hydrogens (tertiary/aromatic N) is 4. The lowest BCUT2D eigenvalue weighted by Gasteiger charge is -2.34. The van der Waals surface area contributed by atoms with Gasteiger partial charge in [-0.2, -0.15) is 5.10 Å². The van der Waals surface area contributed by atoms with Gasteiger partial charge in [0.05, 0.1) is 19.8 Å². The summed E-state index contributed by atoms with van der Waals surface area (Å²) in [6, 6.07) is 1.94. The summed E-state index contributed by atoms with van der Waals surface area (Å²) in [6.07, 6.45) is 0.564. The first kappa shape index (κ1) is 18.5. The third-order valence-electron chi connectivity index (χ3n) is 3.99. The second kappa shape index (κ2) is 9.48. The van der Waals surface area contributed by atoms with E-state index in [1.54, 1.807) is 11.8 Å². The predicted molar refractivity (Wildman–Crippen MR) is 90.5 cm³/mol. The summed E-state index contributed by atoms with van der Waals surface area (Å²) in [5, 5.41) is 4.51. The van der Waals surface area contributed by atoms with E-state index >= 15 is 0 Å². The minimum Gasteiger partial charge on any atom is -0.475 e. The lowest BCUT2D eigenvalue weighted by molar-refractivity contribution is -0.131. The van der Waals surface area contributed by atoms with Crippen molar-refractivity contribution in [3.8, 4) is 5.88 Å². The Morgan fingerprint density at radius 2 is 1.88 bits per heavy atom. The highest BCUT2D eigenvalue weighted by Gasteiger charge is 2.22. The van der Waals surface area contributed by atoms with E-state index in [1.165, 1.54) is 0 Å². The van der Waals surface area contributed by atoms with Gasteiger partial charge in [0.1, 0.15) is 6.61 Å². The molecule has 1 aromatic rings. The maximum absolute atomic E-state index is 11.7. The van der Waals surface area contributed by atoms with E-state index in [9.17, 15) is 4.79 Å². The Balaban J connectivity index is 1.78. The highest BCUT2D eigenvalue weighted by atomic mass is 16.5. The Morgan fingerprint density at radius 1 is 1.17 bits per heavy atom. The fourth-order valence-corrected chi connectivity index (χ4v) is 2.58. The van der Waals surface area contributed by atoms with Crippen molar-refractivity contribution in [1.82, 2.24) is 14.7 Å². The Hall–Kier alpha value is -1.80. The number of carbonyl (C=O) groups excluding carboxylic acids is 1. The molecular formula is C16H28N4O4. The number of carbonyl (C=O) groups is 1. The molecule has 0 aliphatic carbocycles. The van der Waals surface area contributed by atoms with Crippen LogP contribution in [0.3, 0.4) is 0 Å². The van der Waals surface area contributed by atoms with Gasteiger partial charge in [-0.15, -0.1) is 0 Å². The third kappa shape index (κ3) is 5.10. The van der Waals surface area contributed by atoms with Crippen LogP contribution >= 0.6 is 0 Å². The molecule has 8 heteroatoms. The van der Waals surface area contributed by atoms with E-state index in [2.05, 4.69) is 10.00 Å². The lowest BCUT2D eigenvalue weighted by Crippen LogP contribution is -2.48. The van der Waals surface area contributed by atoms with Crippen molar-refractivity contribution in [3.05, 3.63) is 6.07 Å². The smallest absolute Gasteiger partial charge is 0.222 e. The Labute approximate surface area is 143 Å². The van der Waals surface area contributed by atoms with Crippen molar-refractivity contribution in [3.63, 3.8) is 0 Å². The summed E-state index contributed by atoms with van der Waals surface area (Å²) in [7, 11) is 3.51. The topological polar surface area (TPSA) is 69.1 Å². The van der Waals surface area contributed by atoms with Crippen LogP contribution in [0.2, 0.25) is 0 Å². The van der Waals surface area contributed by atoms with Crippen molar-refractivity contribution in [1.29, 1.82) is 0 Å². The molecule has 1 saturated heterocycles. The van der Waals surface area contributed by atoms with Crippen LogP contribution in [0.4, 0.5) is 5.82 Å². The molecule has 0 N–H and O–H groups in total. The van der Waals surface area contributed by atoms with E-state index in [0.717, 1.165) is 32.0 Å². The number of methoxy groups -OCH3 is 1. The van der Waals surface area contributed by atoms with Crippen molar-refractivity contribution in [2.45, 2.75) is 13.3 Å². The van der Waals surface area contributed by atoms with Crippen molar-refractivity contribution in [2.24, 2.45) is 7.05 Å². The highest BCUT2D eigenvalue weighted by Crippen LogP contribution is 2.21. The zero-order valence-electron chi connectivity index (χ0n) is 14.9. The first-order valence-electron chi connectivity index (χ1n) is 8.42. The van der Waals surface area contributed by atoms with Gasteiger partial charge in [0, 0.05) is 52.8 Å². The predicted octanol–water partition coefficient (Wildman–Crippen LogP) is 0.521. The number of rotatable bonds is 9. The first-order valence-corrected chi connectivity index (χ1v) is 8.42. The molecule has 0 aromatic carbocycles. The van der Waals surface area contributed by atoms with Crippen LogP contribution in [-0.4, -0.2) is 80.3 Å². The van der Waals surface area contributed by atoms with Crippen LogP contribution in [0.25, 0.3) is 0 Å². The first-order chi connectivity index (χ1) is 11.7. The van der Waals surface area contributed by atoms with Gasteiger partial charge >= 0.3 is 0 Å². The standard InChI is InChI=1S/C16H28N4O4/c1-4-15(21)20-7-5-19(6-8-20)14-13-16(18(2)17-14)24-12-11-23-10-9-22-3/h13H,4-12H2,1-3H3. The summed E-state index contributed by atoms with van der Waals surface area (Å²) < 4.78 is 17.7. The summed E-state index contributed by atoms with van der Waals surface area (Å²) in [4.78, 5) is 15.8. The summed E-state index contributed by atoms with van der Waals surface area (Å²) in [5.74, 6) is 1.82. The normalized spacial score (nSPS) is 15.0. The molecule has 0 spiro atoms. The molecule has 1 aliphatic heterocycles. The molecule has 0 radical (unpaired) electrons. The van der Waals surface area contributed by atoms with Crippen LogP contribution in [0.15, 0.2) is 6.07 Å². The SMILES string of the molecule is CCC(=O)N1CCN(c2cc(OCCOCCOC)n(C)n2)CC1. The van der Waals surface area contributed by atoms with Crippen LogP contribution in [0, 0.1) is 0 Å². The molecule has 0 unspecified atom stereocenters. The fourth-order valence-electron chi connectivity index (χ4n) is 2.58. The van der Waals surface area contributed by atoms with E-state index in [-0.39, 0.29) is 5.91 Å². The van der Waals surface area contributed by atoms with E-state index in [1.807, 2.05) is 24.9 Å². The maximum Gasteiger partial charge on any atom is 0.222 e. The van der Waals surface area contributed by atoms with E-state index in [4.69, 9.17) is 14.2 Å². The van der Waals surface area contributed by atoms with Crippen molar-refractivity contribution < 1.29 is 19.0 Å². The molecular weight excluding hydrogens is 312 g/mol. The maximum atomic E-state index is 11.7. The highest BCUT2D eigenvalue weighted by molar-refractivity contribution is 5.76. The molecule has 1 aromatic heterocycles. The quantitative estimate of drug-likeness (QED) is 0.611. The monoisotopic (exact) mass is 340 g/mol. The fraction of sp³-hybridized carbons (Fsp3) is 0.750. The molecule has 0 atom stereocenters. The Bertz CT molecular complexity index is 512. The average Bonchev–Trinajstić information content (AvgIpc) is 2.98. The van der Waals surface area contributed by atoms with Gasteiger partial charge in [0.25, 0.3) is 0 Å². The van der Waals surface area contributed by atoms with Gasteiger partial charge in [-0.3, -0.25) is 4.79 Å². The van der Waals surface area contributed by atoms with Crippen LogP contribution in [0.5, 0.6) is 5.88 Å². The number of hydrogen-bond acceptors (Lipinski definition) is 6. The summed E-state index contributed by atoms with van der Waals surface area (Å²) in [5.41, 5.74) is 0. The number of amides is 1. The number of ether oxygens (including phenoxy) is 3. The van der Waals surface area contributed by atoms with Crippen LogP contribution in [-0.2, 0) is 21.3 Å². The van der Waals surface area contributed by atoms with E-state index < -0.39 is 0 Å².